The number of hydrogen-bond donors (Lipinski definition) is 0. The van der Waals surface area contributed by atoms with Crippen LogP contribution in [0.3, 0.4) is 0 Å². The van der Waals surface area contributed by atoms with Crippen LogP contribution in [0.2, 0.25) is 0 Å². The van der Waals surface area contributed by atoms with Crippen molar-refractivity contribution < 1.29 is 22.7 Å². The maximum absolute atomic E-state index is 12.2. The van der Waals surface area contributed by atoms with Crippen molar-refractivity contribution in [3.8, 4) is 0 Å². The topological polar surface area (TPSA) is 93.1 Å². The average Bonchev–Trinajstić information content (AvgIpc) is 2.83. The third kappa shape index (κ3) is 2.78. The van der Waals surface area contributed by atoms with Crippen LogP contribution in [0, 0.1) is 5.92 Å². The summed E-state index contributed by atoms with van der Waals surface area (Å²) in [7, 11) is -1.81. The summed E-state index contributed by atoms with van der Waals surface area (Å²) >= 11 is 0. The molecule has 0 spiro atoms. The number of esters is 1. The predicted octanol–water partition coefficient (Wildman–Crippen LogP) is -0.429. The van der Waals surface area contributed by atoms with E-state index in [-0.39, 0.29) is 23.8 Å². The highest BCUT2D eigenvalue weighted by Gasteiger charge is 2.42. The zero-order chi connectivity index (χ0) is 14.2. The second-order valence-corrected chi connectivity index (χ2v) is 7.04. The Kier molecular flexibility index (Phi) is 3.62. The van der Waals surface area contributed by atoms with E-state index in [2.05, 4.69) is 9.84 Å². The summed E-state index contributed by atoms with van der Waals surface area (Å²) in [5.74, 6) is -1.40. The van der Waals surface area contributed by atoms with E-state index in [1.807, 2.05) is 0 Å². The van der Waals surface area contributed by atoms with Gasteiger partial charge >= 0.3 is 5.97 Å². The first-order valence-corrected chi connectivity index (χ1v) is 7.81. The third-order valence-electron chi connectivity index (χ3n) is 3.45. The van der Waals surface area contributed by atoms with Crippen LogP contribution in [-0.2, 0) is 24.2 Å². The van der Waals surface area contributed by atoms with Gasteiger partial charge in [-0.1, -0.05) is 0 Å². The summed E-state index contributed by atoms with van der Waals surface area (Å²) in [6, 6.07) is -0.407. The van der Waals surface area contributed by atoms with Gasteiger partial charge in [-0.25, -0.2) is 13.4 Å². The molecule has 0 saturated carbocycles. The molecule has 2 rings (SSSR count). The Hall–Kier alpha value is -1.44. The fraction of sp³-hybridized carbons (Fsp3) is 0.727. The second kappa shape index (κ2) is 4.92. The van der Waals surface area contributed by atoms with Crippen LogP contribution < -0.4 is 0 Å². The number of carbonyl (C=O) groups excluding carboxylic acids is 2. The van der Waals surface area contributed by atoms with Gasteiger partial charge in [-0.05, 0) is 13.3 Å². The van der Waals surface area contributed by atoms with E-state index >= 15 is 0 Å². The van der Waals surface area contributed by atoms with Crippen molar-refractivity contribution in [1.82, 2.24) is 5.01 Å². The summed E-state index contributed by atoms with van der Waals surface area (Å²) in [4.78, 5) is 23.4. The molecule has 0 N–H and O–H groups in total. The Morgan fingerprint density at radius 1 is 1.53 bits per heavy atom. The first kappa shape index (κ1) is 14.0. The third-order valence-corrected chi connectivity index (χ3v) is 5.20. The fourth-order valence-corrected chi connectivity index (χ4v) is 4.03. The van der Waals surface area contributed by atoms with Crippen LogP contribution in [0.25, 0.3) is 0 Å². The Morgan fingerprint density at radius 2 is 2.21 bits per heavy atom. The fourth-order valence-electron chi connectivity index (χ4n) is 2.34. The van der Waals surface area contributed by atoms with Crippen molar-refractivity contribution in [2.75, 3.05) is 18.6 Å². The zero-order valence-electron chi connectivity index (χ0n) is 10.8. The molecule has 19 heavy (non-hydrogen) atoms. The van der Waals surface area contributed by atoms with Crippen LogP contribution in [0.4, 0.5) is 0 Å². The molecule has 2 atom stereocenters. The van der Waals surface area contributed by atoms with E-state index < -0.39 is 27.8 Å². The van der Waals surface area contributed by atoms with E-state index in [1.54, 1.807) is 6.92 Å². The molecule has 1 amide bonds. The number of methoxy groups -OCH3 is 1. The van der Waals surface area contributed by atoms with Crippen molar-refractivity contribution in [2.45, 2.75) is 25.8 Å². The highest BCUT2D eigenvalue weighted by molar-refractivity contribution is 7.91. The van der Waals surface area contributed by atoms with Crippen LogP contribution >= 0.6 is 0 Å². The summed E-state index contributed by atoms with van der Waals surface area (Å²) in [6.07, 6.45) is 0.344. The summed E-state index contributed by atoms with van der Waals surface area (Å²) in [5.41, 5.74) is 0.527. The number of nitrogens with zero attached hydrogens (tertiary/aromatic N) is 2. The van der Waals surface area contributed by atoms with Crippen molar-refractivity contribution in [3.05, 3.63) is 0 Å². The molecule has 0 aliphatic carbocycles. The number of ether oxygens (including phenoxy) is 1. The Morgan fingerprint density at radius 3 is 2.74 bits per heavy atom. The number of hydrogen-bond acceptors (Lipinski definition) is 6. The lowest BCUT2D eigenvalue weighted by molar-refractivity contribution is -0.144. The molecule has 2 unspecified atom stereocenters. The molecule has 2 aliphatic heterocycles. The van der Waals surface area contributed by atoms with Crippen molar-refractivity contribution in [2.24, 2.45) is 11.0 Å². The van der Waals surface area contributed by atoms with Gasteiger partial charge in [-0.2, -0.15) is 5.10 Å². The molecule has 0 radical (unpaired) electrons. The molecule has 0 aromatic rings. The van der Waals surface area contributed by atoms with E-state index in [0.29, 0.717) is 12.1 Å². The van der Waals surface area contributed by atoms with Gasteiger partial charge in [-0.3, -0.25) is 9.59 Å². The minimum atomic E-state index is -3.07. The highest BCUT2D eigenvalue weighted by Crippen LogP contribution is 2.26. The van der Waals surface area contributed by atoms with Gasteiger partial charge in [0.25, 0.3) is 5.91 Å². The minimum absolute atomic E-state index is 0.0549. The molecule has 0 bridgehead atoms. The molecule has 2 heterocycles. The Balaban J connectivity index is 2.10. The van der Waals surface area contributed by atoms with Crippen LogP contribution in [0.15, 0.2) is 5.10 Å². The smallest absolute Gasteiger partial charge is 0.306 e. The minimum Gasteiger partial charge on any atom is -0.469 e. The Labute approximate surface area is 111 Å². The lowest BCUT2D eigenvalue weighted by atomic mass is 10.0. The highest BCUT2D eigenvalue weighted by atomic mass is 32.2. The van der Waals surface area contributed by atoms with Gasteiger partial charge in [0, 0.05) is 5.71 Å². The molecule has 1 fully saturated rings. The molecule has 0 aromatic carbocycles. The largest absolute Gasteiger partial charge is 0.469 e. The van der Waals surface area contributed by atoms with Gasteiger partial charge in [0.2, 0.25) is 0 Å². The molecule has 0 aromatic heterocycles. The summed E-state index contributed by atoms with van der Waals surface area (Å²) < 4.78 is 27.4. The zero-order valence-corrected chi connectivity index (χ0v) is 11.6. The molecular formula is C11H16N2O5S. The van der Waals surface area contributed by atoms with Gasteiger partial charge in [0.05, 0.1) is 37.0 Å². The van der Waals surface area contributed by atoms with Gasteiger partial charge < -0.3 is 4.74 Å². The molecular weight excluding hydrogens is 272 g/mol. The molecule has 7 nitrogen and oxygen atoms in total. The number of rotatable bonds is 3. The molecule has 106 valence electrons. The van der Waals surface area contributed by atoms with E-state index in [4.69, 9.17) is 0 Å². The standard InChI is InChI=1S/C11H16N2O5S/c1-7-9(5-10(14)18-2)11(15)13(12-7)8-3-4-19(16,17)6-8/h8-9H,3-6H2,1-2H3. The van der Waals surface area contributed by atoms with Crippen LogP contribution in [0.5, 0.6) is 0 Å². The first-order valence-electron chi connectivity index (χ1n) is 5.99. The van der Waals surface area contributed by atoms with E-state index in [1.165, 1.54) is 12.1 Å². The van der Waals surface area contributed by atoms with Crippen molar-refractivity contribution in [1.29, 1.82) is 0 Å². The molecule has 1 saturated heterocycles. The van der Waals surface area contributed by atoms with Gasteiger partial charge in [0.1, 0.15) is 0 Å². The van der Waals surface area contributed by atoms with Crippen molar-refractivity contribution >= 4 is 27.4 Å². The number of carbonyl (C=O) groups is 2. The Bertz CT molecular complexity index is 539. The quantitative estimate of drug-likeness (QED) is 0.657. The van der Waals surface area contributed by atoms with Crippen LogP contribution in [-0.4, -0.2) is 55.7 Å². The van der Waals surface area contributed by atoms with Crippen LogP contribution in [0.1, 0.15) is 19.8 Å². The van der Waals surface area contributed by atoms with E-state index in [0.717, 1.165) is 0 Å². The maximum atomic E-state index is 12.2. The normalized spacial score (nSPS) is 29.5. The summed E-state index contributed by atoms with van der Waals surface area (Å²) in [5, 5.41) is 5.34. The van der Waals surface area contributed by atoms with Gasteiger partial charge in [0.15, 0.2) is 9.84 Å². The number of amides is 1. The van der Waals surface area contributed by atoms with Crippen molar-refractivity contribution in [3.63, 3.8) is 0 Å². The van der Waals surface area contributed by atoms with Gasteiger partial charge in [-0.15, -0.1) is 0 Å². The summed E-state index contributed by atoms with van der Waals surface area (Å²) in [6.45, 7) is 1.66. The molecule has 2 aliphatic rings. The lowest BCUT2D eigenvalue weighted by Crippen LogP contribution is -2.37. The van der Waals surface area contributed by atoms with E-state index in [9.17, 15) is 18.0 Å². The monoisotopic (exact) mass is 288 g/mol. The number of hydrazone groups is 1. The predicted molar refractivity (Wildman–Crippen MR) is 67.1 cm³/mol. The average molecular weight is 288 g/mol. The lowest BCUT2D eigenvalue weighted by Gasteiger charge is -2.19. The second-order valence-electron chi connectivity index (χ2n) is 4.81. The number of sulfone groups is 1. The maximum Gasteiger partial charge on any atom is 0.306 e. The molecule has 8 heteroatoms. The first-order chi connectivity index (χ1) is 8.84. The SMILES string of the molecule is COC(=O)CC1C(=O)N(C2CCS(=O)(=O)C2)N=C1C.